The van der Waals surface area contributed by atoms with E-state index in [0.29, 0.717) is 44.4 Å². The van der Waals surface area contributed by atoms with Crippen molar-refractivity contribution in [2.45, 2.75) is 19.6 Å². The summed E-state index contributed by atoms with van der Waals surface area (Å²) in [6.45, 7) is 5.54. The number of halogens is 1. The largest absolute Gasteiger partial charge is 0.369 e. The van der Waals surface area contributed by atoms with Gasteiger partial charge in [0.2, 0.25) is 15.9 Å². The van der Waals surface area contributed by atoms with Crippen molar-refractivity contribution in [1.82, 2.24) is 19.7 Å². The van der Waals surface area contributed by atoms with Crippen LogP contribution in [0.15, 0.2) is 21.8 Å². The minimum absolute atomic E-state index is 0. The molecule has 1 fully saturated rings. The molecule has 154 valence electrons. The first kappa shape index (κ1) is 23.6. The van der Waals surface area contributed by atoms with E-state index in [1.54, 1.807) is 27.0 Å². The van der Waals surface area contributed by atoms with E-state index < -0.39 is 21.3 Å². The SMILES string of the molecule is CN=C(NCC(C)(C)C(N)=O)N1CCN(S(=O)(=O)Cc2ccon2)CC1.I. The zero-order chi connectivity index (χ0) is 19.4. The number of nitrogens with zero attached hydrogens (tertiary/aromatic N) is 4. The number of hydrogen-bond acceptors (Lipinski definition) is 6. The van der Waals surface area contributed by atoms with Gasteiger partial charge in [-0.1, -0.05) is 5.16 Å². The van der Waals surface area contributed by atoms with Crippen LogP contribution in [0.2, 0.25) is 0 Å². The third kappa shape index (κ3) is 6.31. The molecule has 0 atom stereocenters. The van der Waals surface area contributed by atoms with Crippen LogP contribution in [0.4, 0.5) is 0 Å². The maximum absolute atomic E-state index is 12.5. The van der Waals surface area contributed by atoms with Gasteiger partial charge in [-0.15, -0.1) is 24.0 Å². The van der Waals surface area contributed by atoms with Crippen LogP contribution in [0.1, 0.15) is 19.5 Å². The van der Waals surface area contributed by atoms with Crippen LogP contribution in [-0.4, -0.2) is 74.4 Å². The van der Waals surface area contributed by atoms with Gasteiger partial charge in [0.25, 0.3) is 0 Å². The summed E-state index contributed by atoms with van der Waals surface area (Å²) < 4.78 is 31.0. The Morgan fingerprint density at radius 3 is 2.48 bits per heavy atom. The van der Waals surface area contributed by atoms with E-state index in [4.69, 9.17) is 5.73 Å². The quantitative estimate of drug-likeness (QED) is 0.306. The van der Waals surface area contributed by atoms with Gasteiger partial charge in [-0.05, 0) is 13.8 Å². The summed E-state index contributed by atoms with van der Waals surface area (Å²) in [7, 11) is -1.80. The van der Waals surface area contributed by atoms with Crippen LogP contribution in [0.3, 0.4) is 0 Å². The number of rotatable bonds is 6. The van der Waals surface area contributed by atoms with Crippen molar-refractivity contribution >= 4 is 45.9 Å². The summed E-state index contributed by atoms with van der Waals surface area (Å²) in [4.78, 5) is 17.6. The number of carbonyl (C=O) groups excluding carboxylic acids is 1. The predicted octanol–water partition coefficient (Wildman–Crippen LogP) is -0.173. The number of primary amides is 1. The van der Waals surface area contributed by atoms with Crippen molar-refractivity contribution in [3.8, 4) is 0 Å². The Balaban J connectivity index is 0.00000364. The number of nitrogens with one attached hydrogen (secondary N) is 1. The van der Waals surface area contributed by atoms with E-state index in [1.807, 2.05) is 4.90 Å². The van der Waals surface area contributed by atoms with Crippen molar-refractivity contribution in [3.63, 3.8) is 0 Å². The maximum Gasteiger partial charge on any atom is 0.224 e. The van der Waals surface area contributed by atoms with Gasteiger partial charge in [0.05, 0.1) is 11.1 Å². The van der Waals surface area contributed by atoms with Gasteiger partial charge in [-0.3, -0.25) is 9.79 Å². The van der Waals surface area contributed by atoms with E-state index in [9.17, 15) is 13.2 Å². The molecule has 0 radical (unpaired) electrons. The Kier molecular flexibility index (Phi) is 8.48. The van der Waals surface area contributed by atoms with Gasteiger partial charge < -0.3 is 20.5 Å². The second-order valence-electron chi connectivity index (χ2n) is 6.78. The summed E-state index contributed by atoms with van der Waals surface area (Å²) in [6.07, 6.45) is 1.35. The Labute approximate surface area is 176 Å². The lowest BCUT2D eigenvalue weighted by Gasteiger charge is -2.36. The molecule has 1 aliphatic heterocycles. The zero-order valence-corrected chi connectivity index (χ0v) is 18.9. The van der Waals surface area contributed by atoms with Crippen LogP contribution < -0.4 is 11.1 Å². The molecule has 2 rings (SSSR count). The van der Waals surface area contributed by atoms with E-state index >= 15 is 0 Å². The number of carbonyl (C=O) groups is 1. The van der Waals surface area contributed by atoms with Crippen molar-refractivity contribution in [1.29, 1.82) is 0 Å². The number of piperazine rings is 1. The lowest BCUT2D eigenvalue weighted by molar-refractivity contribution is -0.125. The van der Waals surface area contributed by atoms with E-state index in [-0.39, 0.29) is 29.7 Å². The summed E-state index contributed by atoms with van der Waals surface area (Å²) in [5, 5.41) is 6.79. The lowest BCUT2D eigenvalue weighted by Crippen LogP contribution is -2.55. The molecule has 0 saturated carbocycles. The molecule has 1 aromatic heterocycles. The van der Waals surface area contributed by atoms with E-state index in [0.717, 1.165) is 0 Å². The monoisotopic (exact) mass is 514 g/mol. The number of hydrogen-bond donors (Lipinski definition) is 2. The molecule has 2 heterocycles. The molecule has 0 unspecified atom stereocenters. The first-order valence-corrected chi connectivity index (χ1v) is 9.89. The molecule has 1 aromatic rings. The first-order chi connectivity index (χ1) is 12.2. The summed E-state index contributed by atoms with van der Waals surface area (Å²) >= 11 is 0. The number of guanidine groups is 1. The van der Waals surface area contributed by atoms with Crippen molar-refractivity contribution in [2.24, 2.45) is 16.1 Å². The molecular formula is C15H27IN6O4S. The van der Waals surface area contributed by atoms with E-state index in [2.05, 4.69) is 20.0 Å². The average molecular weight is 514 g/mol. The van der Waals surface area contributed by atoms with Crippen molar-refractivity contribution < 1.29 is 17.7 Å². The smallest absolute Gasteiger partial charge is 0.224 e. The normalized spacial score (nSPS) is 16.7. The lowest BCUT2D eigenvalue weighted by atomic mass is 9.93. The Morgan fingerprint density at radius 2 is 2.00 bits per heavy atom. The molecule has 12 heteroatoms. The first-order valence-electron chi connectivity index (χ1n) is 8.28. The molecule has 0 aliphatic carbocycles. The van der Waals surface area contributed by atoms with Gasteiger partial charge in [0.1, 0.15) is 12.0 Å². The molecule has 0 spiro atoms. The number of aliphatic imine (C=N–C) groups is 1. The fourth-order valence-corrected chi connectivity index (χ4v) is 3.91. The highest BCUT2D eigenvalue weighted by molar-refractivity contribution is 14.0. The number of aromatic nitrogens is 1. The highest BCUT2D eigenvalue weighted by Crippen LogP contribution is 2.14. The van der Waals surface area contributed by atoms with Crippen LogP contribution in [0, 0.1) is 5.41 Å². The summed E-state index contributed by atoms with van der Waals surface area (Å²) in [5.74, 6) is 0.0422. The number of sulfonamides is 1. The molecule has 0 aromatic carbocycles. The van der Waals surface area contributed by atoms with Crippen LogP contribution in [0.5, 0.6) is 0 Å². The summed E-state index contributed by atoms with van der Waals surface area (Å²) in [5.41, 5.74) is 5.06. The van der Waals surface area contributed by atoms with Crippen LogP contribution >= 0.6 is 24.0 Å². The third-order valence-corrected chi connectivity index (χ3v) is 6.13. The maximum atomic E-state index is 12.5. The van der Waals surface area contributed by atoms with E-state index in [1.165, 1.54) is 10.6 Å². The fourth-order valence-electron chi connectivity index (χ4n) is 2.49. The second-order valence-corrected chi connectivity index (χ2v) is 8.75. The zero-order valence-electron chi connectivity index (χ0n) is 15.7. The second kappa shape index (κ2) is 9.68. The average Bonchev–Trinajstić information content (AvgIpc) is 3.08. The van der Waals surface area contributed by atoms with Gasteiger partial charge in [-0.25, -0.2) is 8.42 Å². The van der Waals surface area contributed by atoms with Crippen LogP contribution in [-0.2, 0) is 20.6 Å². The minimum Gasteiger partial charge on any atom is -0.369 e. The molecule has 1 amide bonds. The predicted molar refractivity (Wildman–Crippen MR) is 112 cm³/mol. The standard InChI is InChI=1S/C15H26N6O4S.HI/c1-15(2,13(16)22)11-18-14(17-3)20-5-7-21(8-6-20)26(23,24)10-12-4-9-25-19-12;/h4,9H,5-8,10-11H2,1-3H3,(H2,16,22)(H,17,18);1H. The third-order valence-electron chi connectivity index (χ3n) is 4.32. The molecule has 27 heavy (non-hydrogen) atoms. The molecule has 1 aliphatic rings. The summed E-state index contributed by atoms with van der Waals surface area (Å²) in [6, 6.07) is 1.54. The molecule has 0 bridgehead atoms. The molecule has 10 nitrogen and oxygen atoms in total. The Bertz CT molecular complexity index is 742. The molecular weight excluding hydrogens is 487 g/mol. The van der Waals surface area contributed by atoms with Gasteiger partial charge >= 0.3 is 0 Å². The van der Waals surface area contributed by atoms with Gasteiger partial charge in [-0.2, -0.15) is 4.31 Å². The topological polar surface area (TPSA) is 134 Å². The van der Waals surface area contributed by atoms with Crippen molar-refractivity contribution in [3.05, 3.63) is 18.0 Å². The van der Waals surface area contributed by atoms with Gasteiger partial charge in [0, 0.05) is 45.8 Å². The fraction of sp³-hybridized carbons (Fsp3) is 0.667. The highest BCUT2D eigenvalue weighted by atomic mass is 127. The molecule has 1 saturated heterocycles. The molecule has 3 N–H and O–H groups in total. The minimum atomic E-state index is -3.45. The number of nitrogens with two attached hydrogens (primary N) is 1. The van der Waals surface area contributed by atoms with Crippen LogP contribution in [0.25, 0.3) is 0 Å². The van der Waals surface area contributed by atoms with Crippen molar-refractivity contribution in [2.75, 3.05) is 39.8 Å². The Hall–Kier alpha value is -1.41. The van der Waals surface area contributed by atoms with Gasteiger partial charge in [0.15, 0.2) is 5.96 Å². The highest BCUT2D eigenvalue weighted by Gasteiger charge is 2.30. The Morgan fingerprint density at radius 1 is 1.37 bits per heavy atom. The number of amides is 1.